The number of nitrogens with one attached hydrogen (secondary N) is 1. The lowest BCUT2D eigenvalue weighted by molar-refractivity contribution is -0.138. The first-order valence-corrected chi connectivity index (χ1v) is 12.8. The molecule has 180 valence electrons. The van der Waals surface area contributed by atoms with Crippen LogP contribution in [0.15, 0.2) is 54.6 Å². The van der Waals surface area contributed by atoms with Gasteiger partial charge in [-0.15, -0.1) is 0 Å². The smallest absolute Gasteiger partial charge is 0.244 e. The second-order valence-electron chi connectivity index (χ2n) is 7.89. The molecular weight excluding hydrogens is 445 g/mol. The summed E-state index contributed by atoms with van der Waals surface area (Å²) in [5.74, 6) is -1.32. The fraction of sp³-hybridized carbons (Fsp3) is 0.417. The number of anilines is 1. The zero-order valence-electron chi connectivity index (χ0n) is 19.3. The number of sulfonamides is 1. The number of halogens is 1. The summed E-state index contributed by atoms with van der Waals surface area (Å²) in [7, 11) is -3.83. The number of amides is 2. The van der Waals surface area contributed by atoms with Crippen LogP contribution in [0.5, 0.6) is 0 Å². The summed E-state index contributed by atoms with van der Waals surface area (Å²) in [6, 6.07) is 13.6. The molecule has 0 aliphatic heterocycles. The lowest BCUT2D eigenvalue weighted by Gasteiger charge is -2.31. The first-order chi connectivity index (χ1) is 15.6. The molecule has 33 heavy (non-hydrogen) atoms. The summed E-state index contributed by atoms with van der Waals surface area (Å²) in [5, 5.41) is 2.83. The fourth-order valence-corrected chi connectivity index (χ4v) is 4.18. The van der Waals surface area contributed by atoms with E-state index >= 15 is 0 Å². The number of nitrogens with zero attached hydrogens (tertiary/aromatic N) is 2. The molecule has 0 aromatic heterocycles. The monoisotopic (exact) mass is 477 g/mol. The van der Waals surface area contributed by atoms with Gasteiger partial charge in [0.25, 0.3) is 0 Å². The molecule has 0 radical (unpaired) electrons. The Balaban J connectivity index is 2.25. The fourth-order valence-electron chi connectivity index (χ4n) is 3.33. The molecule has 9 heteroatoms. The molecule has 0 fully saturated rings. The van der Waals surface area contributed by atoms with Gasteiger partial charge in [0, 0.05) is 13.1 Å². The topological polar surface area (TPSA) is 86.8 Å². The van der Waals surface area contributed by atoms with Crippen molar-refractivity contribution in [1.82, 2.24) is 10.2 Å². The highest BCUT2D eigenvalue weighted by Crippen LogP contribution is 2.19. The summed E-state index contributed by atoms with van der Waals surface area (Å²) < 4.78 is 39.1. The molecule has 1 atom stereocenters. The van der Waals surface area contributed by atoms with Crippen molar-refractivity contribution in [3.63, 3.8) is 0 Å². The SMILES string of the molecule is CCCCNC(=O)[C@@H](C)N(CCc1ccccc1)C(=O)CN(c1ccc(F)cc1)S(C)(=O)=O. The molecule has 1 N–H and O–H groups in total. The van der Waals surface area contributed by atoms with Crippen LogP contribution >= 0.6 is 0 Å². The van der Waals surface area contributed by atoms with Crippen molar-refractivity contribution >= 4 is 27.5 Å². The first-order valence-electron chi connectivity index (χ1n) is 11.0. The van der Waals surface area contributed by atoms with E-state index in [1.54, 1.807) is 6.92 Å². The molecule has 0 aliphatic rings. The second kappa shape index (κ2) is 12.3. The minimum atomic E-state index is -3.83. The molecule has 7 nitrogen and oxygen atoms in total. The number of carbonyl (C=O) groups excluding carboxylic acids is 2. The maximum Gasteiger partial charge on any atom is 0.244 e. The summed E-state index contributed by atoms with van der Waals surface area (Å²) in [6.45, 7) is 3.90. The lowest BCUT2D eigenvalue weighted by Crippen LogP contribution is -2.52. The minimum absolute atomic E-state index is 0.176. The minimum Gasteiger partial charge on any atom is -0.354 e. The Bertz CT molecular complexity index is 1010. The lowest BCUT2D eigenvalue weighted by atomic mass is 10.1. The normalized spacial score (nSPS) is 12.1. The average Bonchev–Trinajstić information content (AvgIpc) is 2.78. The van der Waals surface area contributed by atoms with E-state index in [9.17, 15) is 22.4 Å². The molecular formula is C24H32FN3O4S. The highest BCUT2D eigenvalue weighted by atomic mass is 32.2. The molecule has 0 saturated carbocycles. The van der Waals surface area contributed by atoms with Crippen molar-refractivity contribution in [1.29, 1.82) is 0 Å². The van der Waals surface area contributed by atoms with Crippen LogP contribution in [0.1, 0.15) is 32.3 Å². The zero-order valence-corrected chi connectivity index (χ0v) is 20.1. The average molecular weight is 478 g/mol. The van der Waals surface area contributed by atoms with Crippen LogP contribution in [-0.2, 0) is 26.0 Å². The van der Waals surface area contributed by atoms with Crippen LogP contribution in [0.3, 0.4) is 0 Å². The molecule has 0 unspecified atom stereocenters. The van der Waals surface area contributed by atoms with Crippen LogP contribution in [0, 0.1) is 5.82 Å². The van der Waals surface area contributed by atoms with Crippen molar-refractivity contribution in [2.24, 2.45) is 0 Å². The van der Waals surface area contributed by atoms with E-state index in [2.05, 4.69) is 5.32 Å². The van der Waals surface area contributed by atoms with Gasteiger partial charge in [0.2, 0.25) is 21.8 Å². The Kier molecular flexibility index (Phi) is 9.84. The molecule has 0 bridgehead atoms. The molecule has 0 saturated heterocycles. The third-order valence-electron chi connectivity index (χ3n) is 5.27. The number of rotatable bonds is 12. The number of hydrogen-bond acceptors (Lipinski definition) is 4. The predicted octanol–water partition coefficient (Wildman–Crippen LogP) is 2.97. The summed E-state index contributed by atoms with van der Waals surface area (Å²) >= 11 is 0. The van der Waals surface area contributed by atoms with E-state index in [0.29, 0.717) is 13.0 Å². The van der Waals surface area contributed by atoms with Gasteiger partial charge in [-0.3, -0.25) is 13.9 Å². The van der Waals surface area contributed by atoms with Gasteiger partial charge < -0.3 is 10.2 Å². The Hall–Kier alpha value is -2.94. The van der Waals surface area contributed by atoms with Gasteiger partial charge in [0.15, 0.2) is 0 Å². The number of hydrogen-bond donors (Lipinski definition) is 1. The number of benzene rings is 2. The molecule has 2 aromatic rings. The maximum absolute atomic E-state index is 13.3. The van der Waals surface area contributed by atoms with Crippen molar-refractivity contribution in [2.75, 3.05) is 30.2 Å². The van der Waals surface area contributed by atoms with Crippen molar-refractivity contribution in [3.05, 3.63) is 66.0 Å². The molecule has 2 rings (SSSR count). The van der Waals surface area contributed by atoms with Crippen molar-refractivity contribution in [2.45, 2.75) is 39.2 Å². The van der Waals surface area contributed by atoms with E-state index in [0.717, 1.165) is 41.1 Å². The van der Waals surface area contributed by atoms with Crippen LogP contribution in [0.4, 0.5) is 10.1 Å². The van der Waals surface area contributed by atoms with Gasteiger partial charge in [-0.05, 0) is 49.6 Å². The van der Waals surface area contributed by atoms with E-state index in [1.165, 1.54) is 17.0 Å². The van der Waals surface area contributed by atoms with Gasteiger partial charge >= 0.3 is 0 Å². The summed E-state index contributed by atoms with van der Waals surface area (Å²) in [6.07, 6.45) is 3.24. The maximum atomic E-state index is 13.3. The summed E-state index contributed by atoms with van der Waals surface area (Å²) in [5.41, 5.74) is 1.17. The standard InChI is InChI=1S/C24H32FN3O4S/c1-4-5-16-26-24(30)19(2)27(17-15-20-9-7-6-8-10-20)23(29)18-28(33(3,31)32)22-13-11-21(25)12-14-22/h6-14,19H,4-5,15-18H2,1-3H3,(H,26,30)/t19-/m1/s1. The number of carbonyl (C=O) groups is 2. The Morgan fingerprint density at radius 2 is 1.70 bits per heavy atom. The van der Waals surface area contributed by atoms with E-state index in [-0.39, 0.29) is 18.1 Å². The van der Waals surface area contributed by atoms with Crippen LogP contribution in [-0.4, -0.2) is 57.1 Å². The van der Waals surface area contributed by atoms with Crippen LogP contribution < -0.4 is 9.62 Å². The molecule has 2 aromatic carbocycles. The van der Waals surface area contributed by atoms with Gasteiger partial charge in [0.05, 0.1) is 11.9 Å². The van der Waals surface area contributed by atoms with E-state index in [1.807, 2.05) is 37.3 Å². The predicted molar refractivity (Wildman–Crippen MR) is 128 cm³/mol. The van der Waals surface area contributed by atoms with Gasteiger partial charge in [-0.25, -0.2) is 12.8 Å². The molecule has 2 amide bonds. The third-order valence-corrected chi connectivity index (χ3v) is 6.42. The van der Waals surface area contributed by atoms with Gasteiger partial charge in [-0.1, -0.05) is 43.7 Å². The Labute approximate surface area is 195 Å². The zero-order chi connectivity index (χ0) is 24.4. The molecule has 0 heterocycles. The highest BCUT2D eigenvalue weighted by molar-refractivity contribution is 7.92. The molecule has 0 aliphatic carbocycles. The van der Waals surface area contributed by atoms with E-state index in [4.69, 9.17) is 0 Å². The Morgan fingerprint density at radius 1 is 1.06 bits per heavy atom. The third kappa shape index (κ3) is 8.16. The summed E-state index contributed by atoms with van der Waals surface area (Å²) in [4.78, 5) is 27.4. The Morgan fingerprint density at radius 3 is 2.27 bits per heavy atom. The molecule has 0 spiro atoms. The van der Waals surface area contributed by atoms with Crippen molar-refractivity contribution < 1.29 is 22.4 Å². The highest BCUT2D eigenvalue weighted by Gasteiger charge is 2.29. The van der Waals surface area contributed by atoms with E-state index < -0.39 is 34.3 Å². The van der Waals surface area contributed by atoms with Crippen molar-refractivity contribution in [3.8, 4) is 0 Å². The van der Waals surface area contributed by atoms with Gasteiger partial charge in [0.1, 0.15) is 18.4 Å². The first kappa shape index (κ1) is 26.3. The largest absolute Gasteiger partial charge is 0.354 e. The quantitative estimate of drug-likeness (QED) is 0.476. The van der Waals surface area contributed by atoms with Gasteiger partial charge in [-0.2, -0.15) is 0 Å². The second-order valence-corrected chi connectivity index (χ2v) is 9.80. The van der Waals surface area contributed by atoms with Crippen LogP contribution in [0.2, 0.25) is 0 Å². The van der Waals surface area contributed by atoms with Crippen LogP contribution in [0.25, 0.3) is 0 Å². The number of unbranched alkanes of at least 4 members (excludes halogenated alkanes) is 1.